The monoisotopic (exact) mass is 147 g/mol. The molecule has 0 heterocycles. The first-order valence-corrected chi connectivity index (χ1v) is 0.953. The van der Waals surface area contributed by atoms with E-state index >= 15 is 0 Å². The SMILES string of the molecule is O=[CH][Cu].[Mn]. The van der Waals surface area contributed by atoms with E-state index < -0.39 is 0 Å². The molecule has 0 atom stereocenters. The van der Waals surface area contributed by atoms with Crippen LogP contribution in [0.1, 0.15) is 0 Å². The second-order valence-corrected chi connectivity index (χ2v) is 0.293. The summed E-state index contributed by atoms with van der Waals surface area (Å²) >= 11 is 3.83. The van der Waals surface area contributed by atoms with Crippen LogP contribution in [0.15, 0.2) is 0 Å². The van der Waals surface area contributed by atoms with Gasteiger partial charge in [-0.05, 0) is 0 Å². The van der Waals surface area contributed by atoms with E-state index in [1.165, 1.54) is 0 Å². The van der Waals surface area contributed by atoms with Gasteiger partial charge in [0.1, 0.15) is 0 Å². The summed E-state index contributed by atoms with van der Waals surface area (Å²) in [5.41, 5.74) is 0. The van der Waals surface area contributed by atoms with Crippen molar-refractivity contribution < 1.29 is 37.9 Å². The molecule has 0 unspecified atom stereocenters. The summed E-state index contributed by atoms with van der Waals surface area (Å²) < 4.78 is 0. The van der Waals surface area contributed by atoms with E-state index in [-0.39, 0.29) is 17.1 Å². The van der Waals surface area contributed by atoms with Gasteiger partial charge in [0.05, 0.1) is 0 Å². The maximum atomic E-state index is 8.61. The quantitative estimate of drug-likeness (QED) is 0.340. The Balaban J connectivity index is 0. The number of rotatable bonds is 0. The zero-order chi connectivity index (χ0) is 2.71. The van der Waals surface area contributed by atoms with Crippen molar-refractivity contribution in [3.8, 4) is 0 Å². The van der Waals surface area contributed by atoms with E-state index in [2.05, 4.69) is 16.0 Å². The van der Waals surface area contributed by atoms with Crippen molar-refractivity contribution in [3.05, 3.63) is 0 Å². The van der Waals surface area contributed by atoms with Crippen molar-refractivity contribution in [1.29, 1.82) is 0 Å². The molecule has 1 radical (unpaired) electrons. The van der Waals surface area contributed by atoms with Crippen LogP contribution in [0.2, 0.25) is 0 Å². The molecule has 3 heteroatoms. The Morgan fingerprint density at radius 2 is 1.75 bits per heavy atom. The summed E-state index contributed by atoms with van der Waals surface area (Å²) in [7, 11) is 0. The zero-order valence-electron chi connectivity index (χ0n) is 1.67. The van der Waals surface area contributed by atoms with Gasteiger partial charge in [-0.1, -0.05) is 0 Å². The van der Waals surface area contributed by atoms with Gasteiger partial charge in [-0.15, -0.1) is 0 Å². The maximum Gasteiger partial charge on any atom is 0 e. The van der Waals surface area contributed by atoms with Crippen molar-refractivity contribution in [1.82, 2.24) is 0 Å². The molecule has 29 valence electrons. The molecule has 0 aromatic heterocycles. The summed E-state index contributed by atoms with van der Waals surface area (Å²) in [6.45, 7) is 0. The molecule has 0 aliphatic heterocycles. The first kappa shape index (κ1) is 8.83. The van der Waals surface area contributed by atoms with Crippen molar-refractivity contribution in [3.63, 3.8) is 0 Å². The Hall–Kier alpha value is 0.709. The Bertz CT molecular complexity index is 15.5. The van der Waals surface area contributed by atoms with Gasteiger partial charge in [0.15, 0.2) is 0 Å². The largest absolute Gasteiger partial charge is 0 e. The summed E-state index contributed by atoms with van der Waals surface area (Å²) in [5.74, 6) is 0. The van der Waals surface area contributed by atoms with E-state index in [0.29, 0.717) is 5.18 Å². The van der Waals surface area contributed by atoms with Crippen molar-refractivity contribution in [2.45, 2.75) is 0 Å². The van der Waals surface area contributed by atoms with Gasteiger partial charge in [0.2, 0.25) is 0 Å². The molecule has 0 N–H and O–H groups in total. The molecule has 0 aliphatic rings. The Morgan fingerprint density at radius 3 is 1.75 bits per heavy atom. The summed E-state index contributed by atoms with van der Waals surface area (Å²) in [4.78, 5) is 8.61. The molecule has 0 saturated carbocycles. The van der Waals surface area contributed by atoms with E-state index in [0.717, 1.165) is 0 Å². The van der Waals surface area contributed by atoms with Gasteiger partial charge in [-0.25, -0.2) is 0 Å². The summed E-state index contributed by atoms with van der Waals surface area (Å²) in [6.07, 6.45) is 0. The van der Waals surface area contributed by atoms with Crippen LogP contribution in [0.3, 0.4) is 0 Å². The Morgan fingerprint density at radius 1 is 1.75 bits per heavy atom. The minimum Gasteiger partial charge on any atom is 0 e. The van der Waals surface area contributed by atoms with Gasteiger partial charge in [-0.2, -0.15) is 0 Å². The van der Waals surface area contributed by atoms with Crippen LogP contribution < -0.4 is 0 Å². The maximum absolute atomic E-state index is 8.61. The fourth-order valence-corrected chi connectivity index (χ4v) is 0. The predicted molar refractivity (Wildman–Crippen MR) is 6.75 cm³/mol. The second-order valence-electron chi connectivity index (χ2n) is 0.0711. The van der Waals surface area contributed by atoms with Crippen LogP contribution in [-0.2, 0) is 37.9 Å². The van der Waals surface area contributed by atoms with Gasteiger partial charge in [0.25, 0.3) is 0 Å². The number of carbonyl (C=O) groups is 1. The van der Waals surface area contributed by atoms with Gasteiger partial charge < -0.3 is 0 Å². The van der Waals surface area contributed by atoms with E-state index in [1.807, 2.05) is 0 Å². The molecule has 0 fully saturated rings. The van der Waals surface area contributed by atoms with Crippen LogP contribution in [0.5, 0.6) is 0 Å². The van der Waals surface area contributed by atoms with Crippen LogP contribution in [0.25, 0.3) is 0 Å². The third-order valence-electron chi connectivity index (χ3n) is 0. The molecule has 0 aromatic rings. The number of carbonyl (C=O) groups excluding carboxylic acids is 1. The van der Waals surface area contributed by atoms with E-state index in [1.54, 1.807) is 0 Å². The minimum absolute atomic E-state index is 0. The first-order chi connectivity index (χ1) is 1.41. The molecular formula is CHCuMnO. The van der Waals surface area contributed by atoms with Crippen molar-refractivity contribution in [2.24, 2.45) is 0 Å². The normalized spacial score (nSPS) is 3.50. The topological polar surface area (TPSA) is 17.1 Å². The predicted octanol–water partition coefficient (Wildman–Crippen LogP) is -0.279. The molecule has 0 bridgehead atoms. The summed E-state index contributed by atoms with van der Waals surface area (Å²) in [6, 6.07) is 0. The van der Waals surface area contributed by atoms with E-state index in [9.17, 15) is 0 Å². The van der Waals surface area contributed by atoms with Gasteiger partial charge >= 0.3 is 26.0 Å². The molecule has 0 amide bonds. The second kappa shape index (κ2) is 9.32. The number of hydrogen-bond acceptors (Lipinski definition) is 1. The van der Waals surface area contributed by atoms with Crippen molar-refractivity contribution >= 4 is 5.18 Å². The minimum atomic E-state index is 0. The average molecular weight is 148 g/mol. The third-order valence-corrected chi connectivity index (χ3v) is 0. The average Bonchev–Trinajstić information content (AvgIpc) is 0.918. The molecule has 0 saturated heterocycles. The van der Waals surface area contributed by atoms with Crippen LogP contribution in [-0.4, -0.2) is 5.18 Å². The zero-order valence-corrected chi connectivity index (χ0v) is 3.79. The molecule has 0 rings (SSSR count). The third kappa shape index (κ3) is 15.7. The van der Waals surface area contributed by atoms with Gasteiger partial charge in [0, 0.05) is 17.1 Å². The smallest absolute Gasteiger partial charge is 0 e. The van der Waals surface area contributed by atoms with Crippen molar-refractivity contribution in [2.75, 3.05) is 0 Å². The van der Waals surface area contributed by atoms with Gasteiger partial charge in [-0.3, -0.25) is 0 Å². The fourth-order valence-electron chi connectivity index (χ4n) is 0. The molecule has 0 aliphatic carbocycles. The fraction of sp³-hybridized carbons (Fsp3) is 0. The van der Waals surface area contributed by atoms with Crippen LogP contribution in [0.4, 0.5) is 0 Å². The number of hydrogen-bond donors (Lipinski definition) is 0. The molecule has 0 aromatic carbocycles. The Labute approximate surface area is 43.4 Å². The molecule has 4 heavy (non-hydrogen) atoms. The molecular weight excluding hydrogens is 146 g/mol. The first-order valence-electron chi connectivity index (χ1n) is 0.410. The van der Waals surface area contributed by atoms with Crippen LogP contribution in [0, 0.1) is 0 Å². The molecule has 0 spiro atoms. The Kier molecular flexibility index (Phi) is 20.6. The van der Waals surface area contributed by atoms with Crippen LogP contribution >= 0.6 is 0 Å². The molecule has 1 nitrogen and oxygen atoms in total. The standard InChI is InChI=1S/CHO.Cu.Mn/c1-2;;/h1H;;. The van der Waals surface area contributed by atoms with E-state index in [4.69, 9.17) is 4.79 Å². The summed E-state index contributed by atoms with van der Waals surface area (Å²) in [5, 5.41) is 0.312.